The van der Waals surface area contributed by atoms with E-state index in [-0.39, 0.29) is 30.1 Å². The average Bonchev–Trinajstić information content (AvgIpc) is 3.04. The first kappa shape index (κ1) is 32.3. The Bertz CT molecular complexity index is 1590. The van der Waals surface area contributed by atoms with Crippen LogP contribution in [0.5, 0.6) is 0 Å². The molecule has 5 rings (SSSR count). The van der Waals surface area contributed by atoms with Crippen molar-refractivity contribution in [1.29, 1.82) is 0 Å². The number of halogens is 1. The van der Waals surface area contributed by atoms with Gasteiger partial charge in [0.25, 0.3) is 11.8 Å². The highest BCUT2D eigenvalue weighted by atomic mass is 35.5. The third-order valence-corrected chi connectivity index (χ3v) is 7.62. The highest BCUT2D eigenvalue weighted by molar-refractivity contribution is 6.10. The Labute approximate surface area is 265 Å². The van der Waals surface area contributed by atoms with Crippen molar-refractivity contribution in [3.63, 3.8) is 0 Å². The molecule has 0 atom stereocenters. The van der Waals surface area contributed by atoms with Gasteiger partial charge in [0.15, 0.2) is 0 Å². The minimum absolute atomic E-state index is 0. The second-order valence-electron chi connectivity index (χ2n) is 10.9. The number of para-hydroxylation sites is 2. The van der Waals surface area contributed by atoms with Crippen molar-refractivity contribution >= 4 is 47.2 Å². The summed E-state index contributed by atoms with van der Waals surface area (Å²) in [6, 6.07) is 32.1. The number of carbonyl (C=O) groups is 3. The van der Waals surface area contributed by atoms with E-state index in [1.807, 2.05) is 103 Å². The van der Waals surface area contributed by atoms with E-state index in [4.69, 9.17) is 0 Å². The maximum absolute atomic E-state index is 13.5. The van der Waals surface area contributed by atoms with Crippen LogP contribution in [0.1, 0.15) is 20.7 Å². The SMILES string of the molecule is CN(C)CC(=O)N1CCN(c2ccccc2N(C)C(=O)c2ccc(NC(=O)c3ccccc3-c3ccccc3)cc2)CC1.Cl. The van der Waals surface area contributed by atoms with Crippen LogP contribution >= 0.6 is 12.4 Å². The first-order chi connectivity index (χ1) is 20.8. The number of rotatable bonds is 8. The molecular weight excluding hydrogens is 574 g/mol. The van der Waals surface area contributed by atoms with Crippen LogP contribution in [0.25, 0.3) is 11.1 Å². The number of hydrogen-bond acceptors (Lipinski definition) is 5. The van der Waals surface area contributed by atoms with Crippen LogP contribution in [0.2, 0.25) is 0 Å². The highest BCUT2D eigenvalue weighted by Gasteiger charge is 2.25. The van der Waals surface area contributed by atoms with Gasteiger partial charge in [0, 0.05) is 50.0 Å². The molecule has 4 aromatic carbocycles. The van der Waals surface area contributed by atoms with Crippen LogP contribution in [-0.4, -0.2) is 81.4 Å². The van der Waals surface area contributed by atoms with Gasteiger partial charge >= 0.3 is 0 Å². The maximum atomic E-state index is 13.5. The van der Waals surface area contributed by atoms with Gasteiger partial charge in [-0.05, 0) is 67.7 Å². The average molecular weight is 612 g/mol. The molecule has 1 fully saturated rings. The molecule has 8 nitrogen and oxygen atoms in total. The summed E-state index contributed by atoms with van der Waals surface area (Å²) in [7, 11) is 5.56. The smallest absolute Gasteiger partial charge is 0.258 e. The van der Waals surface area contributed by atoms with Gasteiger partial charge in [-0.15, -0.1) is 12.4 Å². The predicted octanol–water partition coefficient (Wildman–Crippen LogP) is 5.51. The molecule has 0 spiro atoms. The number of hydrogen-bond donors (Lipinski definition) is 1. The number of piperazine rings is 1. The molecule has 0 unspecified atom stereocenters. The lowest BCUT2D eigenvalue weighted by molar-refractivity contribution is -0.132. The summed E-state index contributed by atoms with van der Waals surface area (Å²) < 4.78 is 0. The summed E-state index contributed by atoms with van der Waals surface area (Å²) in [5.41, 5.74) is 5.28. The molecular formula is C35H38ClN5O3. The van der Waals surface area contributed by atoms with E-state index in [1.165, 1.54) is 0 Å². The normalized spacial score (nSPS) is 12.8. The first-order valence-electron chi connectivity index (χ1n) is 14.4. The zero-order valence-electron chi connectivity index (χ0n) is 25.3. The third-order valence-electron chi connectivity index (χ3n) is 7.62. The lowest BCUT2D eigenvalue weighted by atomic mass is 9.99. The van der Waals surface area contributed by atoms with Crippen LogP contribution in [0.15, 0.2) is 103 Å². The Morgan fingerprint density at radius 2 is 1.34 bits per heavy atom. The van der Waals surface area contributed by atoms with E-state index >= 15 is 0 Å². The van der Waals surface area contributed by atoms with E-state index in [0.29, 0.717) is 49.5 Å². The Kier molecular flexibility index (Phi) is 10.8. The summed E-state index contributed by atoms with van der Waals surface area (Å²) >= 11 is 0. The Morgan fingerprint density at radius 1 is 0.727 bits per heavy atom. The second-order valence-corrected chi connectivity index (χ2v) is 10.9. The number of benzene rings is 4. The second kappa shape index (κ2) is 14.7. The Balaban J connectivity index is 0.00000442. The van der Waals surface area contributed by atoms with Gasteiger partial charge in [-0.25, -0.2) is 0 Å². The monoisotopic (exact) mass is 611 g/mol. The van der Waals surface area contributed by atoms with Crippen LogP contribution in [0.3, 0.4) is 0 Å². The summed E-state index contributed by atoms with van der Waals surface area (Å²) in [5, 5.41) is 2.97. The van der Waals surface area contributed by atoms with Crippen LogP contribution in [-0.2, 0) is 4.79 Å². The quantitative estimate of drug-likeness (QED) is 0.284. The molecule has 0 radical (unpaired) electrons. The van der Waals surface area contributed by atoms with Crippen molar-refractivity contribution < 1.29 is 14.4 Å². The van der Waals surface area contributed by atoms with Gasteiger partial charge < -0.3 is 24.9 Å². The molecule has 0 aromatic heterocycles. The van der Waals surface area contributed by atoms with Crippen molar-refractivity contribution in [2.75, 3.05) is 69.0 Å². The molecule has 3 amide bonds. The largest absolute Gasteiger partial charge is 0.366 e. The van der Waals surface area contributed by atoms with Gasteiger partial charge in [-0.2, -0.15) is 0 Å². The van der Waals surface area contributed by atoms with Crippen molar-refractivity contribution in [1.82, 2.24) is 9.80 Å². The molecule has 1 aliphatic heterocycles. The fourth-order valence-electron chi connectivity index (χ4n) is 5.33. The fraction of sp³-hybridized carbons (Fsp3) is 0.229. The molecule has 228 valence electrons. The molecule has 1 saturated heterocycles. The lowest BCUT2D eigenvalue weighted by Gasteiger charge is -2.38. The van der Waals surface area contributed by atoms with Gasteiger partial charge in [-0.1, -0.05) is 60.7 Å². The fourth-order valence-corrected chi connectivity index (χ4v) is 5.33. The number of carbonyl (C=O) groups excluding carboxylic acids is 3. The maximum Gasteiger partial charge on any atom is 0.258 e. The van der Waals surface area contributed by atoms with Crippen LogP contribution in [0.4, 0.5) is 17.1 Å². The molecule has 1 aliphatic rings. The molecule has 0 aliphatic carbocycles. The van der Waals surface area contributed by atoms with Gasteiger partial charge in [0.2, 0.25) is 5.91 Å². The number of anilines is 3. The van der Waals surface area contributed by atoms with Crippen molar-refractivity contribution in [3.8, 4) is 11.1 Å². The summed E-state index contributed by atoms with van der Waals surface area (Å²) in [6.45, 7) is 3.07. The molecule has 1 N–H and O–H groups in total. The standard InChI is InChI=1S/C35H37N5O3.ClH/c1-37(2)25-33(41)40-23-21-39(22-24-40)32-16-10-9-15-31(32)38(3)35(43)27-17-19-28(20-18-27)36-34(42)30-14-8-7-13-29(30)26-11-5-4-6-12-26;/h4-20H,21-25H2,1-3H3,(H,36,42);1H. The van der Waals surface area contributed by atoms with Crippen molar-refractivity contribution in [2.24, 2.45) is 0 Å². The van der Waals surface area contributed by atoms with E-state index in [9.17, 15) is 14.4 Å². The molecule has 4 aromatic rings. The predicted molar refractivity (Wildman–Crippen MR) is 180 cm³/mol. The number of nitrogens with zero attached hydrogens (tertiary/aromatic N) is 4. The van der Waals surface area contributed by atoms with E-state index in [1.54, 1.807) is 36.2 Å². The summed E-state index contributed by atoms with van der Waals surface area (Å²) in [6.07, 6.45) is 0. The van der Waals surface area contributed by atoms with Crippen molar-refractivity contribution in [2.45, 2.75) is 0 Å². The number of likely N-dealkylation sites (N-methyl/N-ethyl adjacent to an activating group) is 1. The summed E-state index contributed by atoms with van der Waals surface area (Å²) in [4.78, 5) is 46.9. The minimum atomic E-state index is -0.215. The zero-order chi connectivity index (χ0) is 30.3. The van der Waals surface area contributed by atoms with E-state index in [2.05, 4.69) is 10.2 Å². The van der Waals surface area contributed by atoms with Gasteiger partial charge in [-0.3, -0.25) is 14.4 Å². The highest BCUT2D eigenvalue weighted by Crippen LogP contribution is 2.31. The van der Waals surface area contributed by atoms with Crippen LogP contribution < -0.4 is 15.1 Å². The molecule has 0 bridgehead atoms. The van der Waals surface area contributed by atoms with Crippen molar-refractivity contribution in [3.05, 3.63) is 114 Å². The van der Waals surface area contributed by atoms with E-state index in [0.717, 1.165) is 22.5 Å². The Hall–Kier alpha value is -4.66. The van der Waals surface area contributed by atoms with Crippen LogP contribution in [0, 0.1) is 0 Å². The first-order valence-corrected chi connectivity index (χ1v) is 14.4. The van der Waals surface area contributed by atoms with Gasteiger partial charge in [0.1, 0.15) is 0 Å². The van der Waals surface area contributed by atoms with Gasteiger partial charge in [0.05, 0.1) is 17.9 Å². The molecule has 0 saturated carbocycles. The Morgan fingerprint density at radius 3 is 2.02 bits per heavy atom. The number of amides is 3. The summed E-state index contributed by atoms with van der Waals surface area (Å²) in [5.74, 6) is -0.238. The zero-order valence-corrected chi connectivity index (χ0v) is 26.1. The van der Waals surface area contributed by atoms with E-state index < -0.39 is 0 Å². The third kappa shape index (κ3) is 7.45. The number of nitrogens with one attached hydrogen (secondary N) is 1. The molecule has 9 heteroatoms. The minimum Gasteiger partial charge on any atom is -0.366 e. The molecule has 44 heavy (non-hydrogen) atoms. The topological polar surface area (TPSA) is 76.2 Å². The lowest BCUT2D eigenvalue weighted by Crippen LogP contribution is -2.51. The molecule has 1 heterocycles.